The van der Waals surface area contributed by atoms with Crippen LogP contribution in [-0.4, -0.2) is 43.9 Å². The lowest BCUT2D eigenvalue weighted by atomic mass is 10.2. The second-order valence-corrected chi connectivity index (χ2v) is 6.81. The predicted octanol–water partition coefficient (Wildman–Crippen LogP) is 1.86. The number of nitrogens with two attached hydrogens (primary N) is 1. The molecule has 0 aromatic carbocycles. The van der Waals surface area contributed by atoms with Crippen LogP contribution in [0, 0.1) is 0 Å². The largest absolute Gasteiger partial charge is 0.394 e. The van der Waals surface area contributed by atoms with Crippen molar-refractivity contribution in [3.63, 3.8) is 0 Å². The highest BCUT2D eigenvalue weighted by molar-refractivity contribution is 9.10. The molecule has 4 heterocycles. The zero-order valence-electron chi connectivity index (χ0n) is 13.5. The summed E-state index contributed by atoms with van der Waals surface area (Å²) in [6.45, 7) is 0.967. The predicted molar refractivity (Wildman–Crippen MR) is 98.7 cm³/mol. The Hall–Kier alpha value is -2.23. The highest BCUT2D eigenvalue weighted by Gasteiger charge is 2.27. The zero-order chi connectivity index (χ0) is 17.4. The van der Waals surface area contributed by atoms with E-state index >= 15 is 0 Å². The summed E-state index contributed by atoms with van der Waals surface area (Å²) in [6.07, 6.45) is 7.07. The molecule has 0 saturated carbocycles. The highest BCUT2D eigenvalue weighted by Crippen LogP contribution is 2.31. The summed E-state index contributed by atoms with van der Waals surface area (Å²) in [5, 5.41) is 15.5. The fourth-order valence-electron chi connectivity index (χ4n) is 3.18. The lowest BCUT2D eigenvalue weighted by Gasteiger charge is -2.26. The molecule has 1 atom stereocenters. The van der Waals surface area contributed by atoms with E-state index in [1.165, 1.54) is 5.01 Å². The maximum atomic E-state index is 9.64. The standard InChI is InChI=1S/C16H18BrN7O/c17-13-9-20-24-15(23(18)11-3-1-5-19-8-11)7-14(21-16(13)24)22-6-2-4-12(22)10-25/h1,3,5,7-9,12,25H,2,4,6,10,18H2/t12-/m0/s1. The van der Waals surface area contributed by atoms with Gasteiger partial charge in [-0.15, -0.1) is 0 Å². The van der Waals surface area contributed by atoms with Gasteiger partial charge in [0.1, 0.15) is 5.82 Å². The van der Waals surface area contributed by atoms with E-state index in [1.807, 2.05) is 18.2 Å². The van der Waals surface area contributed by atoms with Crippen molar-refractivity contribution in [2.75, 3.05) is 23.1 Å². The summed E-state index contributed by atoms with van der Waals surface area (Å²) in [5.74, 6) is 7.79. The number of aromatic nitrogens is 4. The molecule has 0 unspecified atom stereocenters. The number of aliphatic hydroxyl groups is 1. The van der Waals surface area contributed by atoms with E-state index in [4.69, 9.17) is 10.8 Å². The minimum atomic E-state index is 0.0779. The molecule has 9 heteroatoms. The molecule has 1 saturated heterocycles. The number of halogens is 1. The van der Waals surface area contributed by atoms with Gasteiger partial charge in [-0.05, 0) is 40.9 Å². The Balaban J connectivity index is 1.85. The summed E-state index contributed by atoms with van der Waals surface area (Å²) in [5.41, 5.74) is 1.42. The monoisotopic (exact) mass is 403 g/mol. The molecule has 3 aromatic heterocycles. The summed E-state index contributed by atoms with van der Waals surface area (Å²) in [6, 6.07) is 5.68. The molecule has 25 heavy (non-hydrogen) atoms. The van der Waals surface area contributed by atoms with Crippen LogP contribution in [0.2, 0.25) is 0 Å². The van der Waals surface area contributed by atoms with Crippen LogP contribution in [0.3, 0.4) is 0 Å². The van der Waals surface area contributed by atoms with E-state index in [0.717, 1.165) is 35.4 Å². The van der Waals surface area contributed by atoms with Crippen LogP contribution in [0.5, 0.6) is 0 Å². The molecular formula is C16H18BrN7O. The molecule has 130 valence electrons. The Bertz CT molecular complexity index is 885. The normalized spacial score (nSPS) is 17.4. The first-order valence-electron chi connectivity index (χ1n) is 8.05. The van der Waals surface area contributed by atoms with Gasteiger partial charge in [-0.25, -0.2) is 10.8 Å². The average molecular weight is 404 g/mol. The summed E-state index contributed by atoms with van der Waals surface area (Å²) >= 11 is 3.50. The SMILES string of the molecule is NN(c1cccnc1)c1cc(N2CCC[C@H]2CO)nc2c(Br)cnn12. The van der Waals surface area contributed by atoms with Gasteiger partial charge in [0.2, 0.25) is 0 Å². The minimum absolute atomic E-state index is 0.0779. The number of rotatable bonds is 4. The first kappa shape index (κ1) is 16.2. The van der Waals surface area contributed by atoms with Gasteiger partial charge >= 0.3 is 0 Å². The molecule has 0 radical (unpaired) electrons. The third-order valence-corrected chi connectivity index (χ3v) is 5.01. The molecule has 8 nitrogen and oxygen atoms in total. The van der Waals surface area contributed by atoms with E-state index in [2.05, 4.69) is 30.9 Å². The number of hydrazine groups is 1. The summed E-state index contributed by atoms with van der Waals surface area (Å²) in [4.78, 5) is 11.0. The zero-order valence-corrected chi connectivity index (χ0v) is 15.0. The average Bonchev–Trinajstić information content (AvgIpc) is 3.28. The fourth-order valence-corrected chi connectivity index (χ4v) is 3.53. The molecule has 0 spiro atoms. The van der Waals surface area contributed by atoms with Gasteiger partial charge in [-0.1, -0.05) is 0 Å². The lowest BCUT2D eigenvalue weighted by molar-refractivity contribution is 0.266. The Kier molecular flexibility index (Phi) is 4.28. The van der Waals surface area contributed by atoms with Gasteiger partial charge in [0.25, 0.3) is 0 Å². The van der Waals surface area contributed by atoms with Crippen LogP contribution in [-0.2, 0) is 0 Å². The number of fused-ring (bicyclic) bond motifs is 1. The molecule has 3 aromatic rings. The number of pyridine rings is 1. The molecule has 0 bridgehead atoms. The first-order chi connectivity index (χ1) is 12.2. The lowest BCUT2D eigenvalue weighted by Crippen LogP contribution is -2.34. The van der Waals surface area contributed by atoms with Crippen LogP contribution < -0.4 is 15.8 Å². The maximum Gasteiger partial charge on any atom is 0.173 e. The number of hydrogen-bond acceptors (Lipinski definition) is 7. The van der Waals surface area contributed by atoms with Gasteiger partial charge < -0.3 is 10.0 Å². The van der Waals surface area contributed by atoms with Crippen molar-refractivity contribution >= 4 is 38.9 Å². The molecule has 1 aliphatic heterocycles. The van der Waals surface area contributed by atoms with Crippen molar-refractivity contribution < 1.29 is 5.11 Å². The van der Waals surface area contributed by atoms with Crippen LogP contribution in [0.4, 0.5) is 17.3 Å². The fraction of sp³-hybridized carbons (Fsp3) is 0.312. The van der Waals surface area contributed by atoms with E-state index in [-0.39, 0.29) is 12.6 Å². The Morgan fingerprint density at radius 3 is 3.04 bits per heavy atom. The second-order valence-electron chi connectivity index (χ2n) is 5.95. The van der Waals surface area contributed by atoms with E-state index in [9.17, 15) is 5.11 Å². The van der Waals surface area contributed by atoms with Gasteiger partial charge in [0.05, 0.1) is 35.2 Å². The van der Waals surface area contributed by atoms with Crippen LogP contribution >= 0.6 is 15.9 Å². The van der Waals surface area contributed by atoms with Crippen molar-refractivity contribution in [2.45, 2.75) is 18.9 Å². The Morgan fingerprint density at radius 2 is 2.28 bits per heavy atom. The third-order valence-electron chi connectivity index (χ3n) is 4.45. The molecule has 4 rings (SSSR count). The molecule has 0 amide bonds. The first-order valence-corrected chi connectivity index (χ1v) is 8.85. The Morgan fingerprint density at radius 1 is 1.40 bits per heavy atom. The van der Waals surface area contributed by atoms with Gasteiger partial charge in [0, 0.05) is 18.8 Å². The molecule has 3 N–H and O–H groups in total. The number of anilines is 3. The molecule has 1 aliphatic rings. The van der Waals surface area contributed by atoms with Gasteiger partial charge in [-0.3, -0.25) is 9.99 Å². The van der Waals surface area contributed by atoms with Crippen molar-refractivity contribution in [2.24, 2.45) is 5.84 Å². The molecule has 1 fully saturated rings. The summed E-state index contributed by atoms with van der Waals surface area (Å²) in [7, 11) is 0. The summed E-state index contributed by atoms with van der Waals surface area (Å²) < 4.78 is 2.47. The van der Waals surface area contributed by atoms with E-state index in [1.54, 1.807) is 23.1 Å². The van der Waals surface area contributed by atoms with Crippen molar-refractivity contribution in [3.05, 3.63) is 41.3 Å². The van der Waals surface area contributed by atoms with Crippen LogP contribution in [0.15, 0.2) is 41.3 Å². The van der Waals surface area contributed by atoms with Crippen molar-refractivity contribution in [1.82, 2.24) is 19.6 Å². The van der Waals surface area contributed by atoms with Crippen molar-refractivity contribution in [1.29, 1.82) is 0 Å². The number of aliphatic hydroxyl groups excluding tert-OH is 1. The third kappa shape index (κ3) is 2.84. The Labute approximate surface area is 153 Å². The highest BCUT2D eigenvalue weighted by atomic mass is 79.9. The minimum Gasteiger partial charge on any atom is -0.394 e. The maximum absolute atomic E-state index is 9.64. The number of nitrogens with zero attached hydrogens (tertiary/aromatic N) is 6. The van der Waals surface area contributed by atoms with Crippen LogP contribution in [0.1, 0.15) is 12.8 Å². The molecular weight excluding hydrogens is 386 g/mol. The van der Waals surface area contributed by atoms with Crippen LogP contribution in [0.25, 0.3) is 5.65 Å². The van der Waals surface area contributed by atoms with E-state index in [0.29, 0.717) is 11.5 Å². The smallest absolute Gasteiger partial charge is 0.173 e. The second kappa shape index (κ2) is 6.58. The molecule has 0 aliphatic carbocycles. The van der Waals surface area contributed by atoms with Crippen molar-refractivity contribution in [3.8, 4) is 0 Å². The number of hydrogen-bond donors (Lipinski definition) is 2. The van der Waals surface area contributed by atoms with Gasteiger partial charge in [-0.2, -0.15) is 9.61 Å². The quantitative estimate of drug-likeness (QED) is 0.506. The van der Waals surface area contributed by atoms with Gasteiger partial charge in [0.15, 0.2) is 11.5 Å². The van der Waals surface area contributed by atoms with E-state index < -0.39 is 0 Å². The topological polar surface area (TPSA) is 95.8 Å².